The Morgan fingerprint density at radius 3 is 2.19 bits per heavy atom. The third kappa shape index (κ3) is 3.18. The molecule has 0 N–H and O–H groups in total. The second-order valence-corrected chi connectivity index (χ2v) is 11.9. The third-order valence-corrected chi connectivity index (χ3v) is 9.93. The van der Waals surface area contributed by atoms with Crippen LogP contribution in [-0.4, -0.2) is 27.3 Å². The number of ether oxygens (including phenoxy) is 1. The van der Waals surface area contributed by atoms with E-state index in [9.17, 15) is 0 Å². The van der Waals surface area contributed by atoms with Crippen LogP contribution in [0.3, 0.4) is 0 Å². The van der Waals surface area contributed by atoms with Gasteiger partial charge >= 0.3 is 170 Å². The molecular formula is C23H25OSe2. The molecule has 0 heterocycles. The van der Waals surface area contributed by atoms with E-state index in [2.05, 4.69) is 62.7 Å². The Labute approximate surface area is 169 Å². The Kier molecular flexibility index (Phi) is 4.70. The van der Waals surface area contributed by atoms with E-state index in [1.807, 2.05) is 0 Å². The summed E-state index contributed by atoms with van der Waals surface area (Å²) in [5.74, 6) is 4.05. The van der Waals surface area contributed by atoms with Gasteiger partial charge in [-0.25, -0.2) is 0 Å². The topological polar surface area (TPSA) is 9.23 Å². The average Bonchev–Trinajstić information content (AvgIpc) is 2.66. The standard InChI is InChI=1S/C23H25OSe2/c25-26-20-6-7-21(22(11-20)24-15-16-4-2-1-3-5-16)23-12-17-8-18(13-23)10-19(9-17)14-23/h1-7,11,17-19H,8-10,12-15H2. The van der Waals surface area contributed by atoms with Crippen molar-refractivity contribution in [3.05, 3.63) is 59.7 Å². The summed E-state index contributed by atoms with van der Waals surface area (Å²) >= 11 is 3.62. The molecule has 1 nitrogen and oxygen atoms in total. The summed E-state index contributed by atoms with van der Waals surface area (Å²) in [4.78, 5) is 0. The van der Waals surface area contributed by atoms with E-state index in [0.29, 0.717) is 25.2 Å². The number of rotatable bonds is 5. The van der Waals surface area contributed by atoms with E-state index in [4.69, 9.17) is 4.74 Å². The van der Waals surface area contributed by atoms with Gasteiger partial charge in [0.05, 0.1) is 0 Å². The van der Waals surface area contributed by atoms with Gasteiger partial charge in [0, 0.05) is 0 Å². The van der Waals surface area contributed by atoms with Crippen LogP contribution in [0.15, 0.2) is 48.5 Å². The summed E-state index contributed by atoms with van der Waals surface area (Å²) < 4.78 is 7.85. The van der Waals surface area contributed by atoms with Gasteiger partial charge in [0.1, 0.15) is 0 Å². The fraction of sp³-hybridized carbons (Fsp3) is 0.478. The zero-order valence-corrected chi connectivity index (χ0v) is 18.5. The van der Waals surface area contributed by atoms with Crippen molar-refractivity contribution in [3.8, 4) is 5.75 Å². The predicted molar refractivity (Wildman–Crippen MR) is 108 cm³/mol. The first-order valence-electron chi connectivity index (χ1n) is 9.85. The van der Waals surface area contributed by atoms with Gasteiger partial charge < -0.3 is 0 Å². The molecular weight excluding hydrogens is 450 g/mol. The van der Waals surface area contributed by atoms with Crippen molar-refractivity contribution < 1.29 is 4.74 Å². The first kappa shape index (κ1) is 17.4. The normalized spacial score (nSPS) is 32.0. The molecule has 0 spiro atoms. The van der Waals surface area contributed by atoms with Crippen molar-refractivity contribution in [2.24, 2.45) is 17.8 Å². The zero-order valence-electron chi connectivity index (χ0n) is 15.0. The minimum absolute atomic E-state index is 0.393. The fourth-order valence-electron chi connectivity index (χ4n) is 6.29. The maximum atomic E-state index is 6.45. The van der Waals surface area contributed by atoms with Gasteiger partial charge in [-0.1, -0.05) is 0 Å². The predicted octanol–water partition coefficient (Wildman–Crippen LogP) is 4.15. The molecule has 0 amide bonds. The van der Waals surface area contributed by atoms with Crippen molar-refractivity contribution in [1.29, 1.82) is 0 Å². The second-order valence-electron chi connectivity index (χ2n) is 8.71. The molecule has 0 aliphatic heterocycles. The van der Waals surface area contributed by atoms with E-state index in [1.54, 1.807) is 0 Å². The van der Waals surface area contributed by atoms with Gasteiger partial charge in [-0.3, -0.25) is 0 Å². The quantitative estimate of drug-likeness (QED) is 0.591. The molecule has 4 aliphatic rings. The molecule has 0 aromatic heterocycles. The molecule has 0 unspecified atom stereocenters. The second kappa shape index (κ2) is 7.02. The Morgan fingerprint density at radius 2 is 1.58 bits per heavy atom. The van der Waals surface area contributed by atoms with Crippen molar-refractivity contribution in [2.75, 3.05) is 0 Å². The number of hydrogen-bond acceptors (Lipinski definition) is 1. The van der Waals surface area contributed by atoms with Gasteiger partial charge in [0.25, 0.3) is 0 Å². The van der Waals surface area contributed by atoms with E-state index in [1.165, 1.54) is 54.1 Å². The van der Waals surface area contributed by atoms with Crippen LogP contribution < -0.4 is 9.20 Å². The fourth-order valence-corrected chi connectivity index (χ4v) is 8.00. The average molecular weight is 475 g/mol. The number of hydrogen-bond donors (Lipinski definition) is 0. The molecule has 2 aromatic rings. The molecule has 1 radical (unpaired) electrons. The minimum atomic E-state index is 0.393. The summed E-state index contributed by atoms with van der Waals surface area (Å²) in [6.07, 6.45) is 8.65. The van der Waals surface area contributed by atoms with Crippen molar-refractivity contribution >= 4 is 31.8 Å². The van der Waals surface area contributed by atoms with Crippen LogP contribution in [0.5, 0.6) is 5.75 Å². The molecule has 135 valence electrons. The van der Waals surface area contributed by atoms with Crippen LogP contribution in [-0.2, 0) is 12.0 Å². The molecule has 6 rings (SSSR count). The van der Waals surface area contributed by atoms with Crippen LogP contribution in [0.4, 0.5) is 0 Å². The van der Waals surface area contributed by atoms with Crippen LogP contribution in [0.25, 0.3) is 0 Å². The molecule has 0 saturated heterocycles. The first-order chi connectivity index (χ1) is 12.7. The molecule has 3 heteroatoms. The maximum absolute atomic E-state index is 6.45. The van der Waals surface area contributed by atoms with Crippen LogP contribution in [0.2, 0.25) is 0 Å². The van der Waals surface area contributed by atoms with E-state index in [0.717, 1.165) is 23.5 Å². The summed E-state index contributed by atoms with van der Waals surface area (Å²) in [7, 11) is 0. The molecule has 0 atom stereocenters. The van der Waals surface area contributed by atoms with Crippen LogP contribution >= 0.6 is 0 Å². The van der Waals surface area contributed by atoms with Gasteiger partial charge in [0.15, 0.2) is 0 Å². The Morgan fingerprint density at radius 1 is 0.923 bits per heavy atom. The Bertz CT molecular complexity index is 751. The van der Waals surface area contributed by atoms with Gasteiger partial charge in [-0.15, -0.1) is 0 Å². The van der Waals surface area contributed by atoms with Crippen molar-refractivity contribution in [2.45, 2.75) is 50.5 Å². The molecule has 2 aromatic carbocycles. The van der Waals surface area contributed by atoms with Gasteiger partial charge in [0.2, 0.25) is 0 Å². The zero-order chi connectivity index (χ0) is 17.6. The first-order valence-corrected chi connectivity index (χ1v) is 15.0. The van der Waals surface area contributed by atoms with E-state index < -0.39 is 0 Å². The van der Waals surface area contributed by atoms with Crippen LogP contribution in [0, 0.1) is 17.8 Å². The molecule has 26 heavy (non-hydrogen) atoms. The molecule has 4 bridgehead atoms. The summed E-state index contributed by atoms with van der Waals surface area (Å²) in [6, 6.07) is 17.7. The van der Waals surface area contributed by atoms with E-state index in [-0.39, 0.29) is 0 Å². The van der Waals surface area contributed by atoms with Crippen LogP contribution in [0.1, 0.15) is 49.7 Å². The van der Waals surface area contributed by atoms with Crippen molar-refractivity contribution in [3.63, 3.8) is 0 Å². The molecule has 4 aliphatic carbocycles. The third-order valence-electron chi connectivity index (χ3n) is 6.90. The van der Waals surface area contributed by atoms with E-state index >= 15 is 0 Å². The summed E-state index contributed by atoms with van der Waals surface area (Å²) in [5.41, 5.74) is 3.16. The summed E-state index contributed by atoms with van der Waals surface area (Å²) in [5, 5.41) is 0. The monoisotopic (exact) mass is 477 g/mol. The molecule has 4 saturated carbocycles. The molecule has 4 fully saturated rings. The number of benzene rings is 2. The Hall–Kier alpha value is -0.721. The Balaban J connectivity index is 1.48. The van der Waals surface area contributed by atoms with Gasteiger partial charge in [-0.05, 0) is 0 Å². The van der Waals surface area contributed by atoms with Gasteiger partial charge in [-0.2, -0.15) is 0 Å². The van der Waals surface area contributed by atoms with Crippen molar-refractivity contribution in [1.82, 2.24) is 0 Å². The SMILES string of the molecule is [Se][Se]c1ccc(C23CC4CC(CC(C4)C2)C3)c(OCc2ccccc2)c1. The summed E-state index contributed by atoms with van der Waals surface area (Å²) in [6.45, 7) is 0.671.